The minimum Gasteiger partial charge on any atom is -0.313 e. The van der Waals surface area contributed by atoms with Crippen LogP contribution in [0.15, 0.2) is 0 Å². The molecule has 0 atom stereocenters. The Hall–Kier alpha value is 0.260. The van der Waals surface area contributed by atoms with Gasteiger partial charge in [-0.15, -0.1) is 0 Å². The monoisotopic (exact) mass is 277 g/mol. The van der Waals surface area contributed by atoms with Gasteiger partial charge in [-0.1, -0.05) is 12.8 Å². The highest BCUT2D eigenvalue weighted by Gasteiger charge is 2.34. The maximum atomic E-state index is 11.3. The van der Waals surface area contributed by atoms with Gasteiger partial charge in [0.05, 0.1) is 11.5 Å². The van der Waals surface area contributed by atoms with Crippen LogP contribution in [0.4, 0.5) is 0 Å². The fourth-order valence-electron chi connectivity index (χ4n) is 2.90. The van der Waals surface area contributed by atoms with Crippen molar-refractivity contribution in [2.75, 3.05) is 24.3 Å². The summed E-state index contributed by atoms with van der Waals surface area (Å²) in [7, 11) is -2.72. The third-order valence-electron chi connectivity index (χ3n) is 4.22. The molecule has 2 aliphatic rings. The van der Waals surface area contributed by atoms with Crippen molar-refractivity contribution >= 4 is 21.6 Å². The zero-order valence-electron chi connectivity index (χ0n) is 10.6. The molecule has 2 rings (SSSR count). The molecule has 0 spiro atoms. The van der Waals surface area contributed by atoms with Crippen molar-refractivity contribution in [3.05, 3.63) is 0 Å². The molecule has 1 N–H and O–H groups in total. The second-order valence-electron chi connectivity index (χ2n) is 5.40. The standard InChI is InChI=1S/C12H23NO2S2/c1-16-12(6-2-3-7-12)10-13-11-4-8-17(14,15)9-5-11/h11,13H,2-10H2,1H3. The van der Waals surface area contributed by atoms with Gasteiger partial charge in [-0.25, -0.2) is 8.42 Å². The lowest BCUT2D eigenvalue weighted by Crippen LogP contribution is -2.44. The summed E-state index contributed by atoms with van der Waals surface area (Å²) in [6, 6.07) is 0.420. The van der Waals surface area contributed by atoms with Gasteiger partial charge in [-0.2, -0.15) is 11.8 Å². The lowest BCUT2D eigenvalue weighted by atomic mass is 10.1. The SMILES string of the molecule is CSC1(CNC2CCS(=O)(=O)CC2)CCCC1. The average Bonchev–Trinajstić information content (AvgIpc) is 2.77. The normalized spacial score (nSPS) is 28.3. The molecular weight excluding hydrogens is 254 g/mol. The van der Waals surface area contributed by atoms with E-state index in [-0.39, 0.29) is 0 Å². The topological polar surface area (TPSA) is 46.2 Å². The molecule has 1 heterocycles. The largest absolute Gasteiger partial charge is 0.313 e. The molecule has 0 unspecified atom stereocenters. The lowest BCUT2D eigenvalue weighted by molar-refractivity contribution is 0.428. The van der Waals surface area contributed by atoms with E-state index in [4.69, 9.17) is 0 Å². The van der Waals surface area contributed by atoms with Crippen LogP contribution in [0.5, 0.6) is 0 Å². The molecule has 0 radical (unpaired) electrons. The molecule has 1 aliphatic carbocycles. The minimum absolute atomic E-state index is 0.372. The van der Waals surface area contributed by atoms with E-state index < -0.39 is 9.84 Å². The molecule has 0 aromatic heterocycles. The highest BCUT2D eigenvalue weighted by Crippen LogP contribution is 2.39. The van der Waals surface area contributed by atoms with Crippen molar-refractivity contribution in [3.63, 3.8) is 0 Å². The zero-order valence-corrected chi connectivity index (χ0v) is 12.2. The Balaban J connectivity index is 1.79. The molecule has 3 nitrogen and oxygen atoms in total. The Labute approximate surface area is 109 Å². The number of sulfone groups is 1. The van der Waals surface area contributed by atoms with Crippen molar-refractivity contribution in [2.45, 2.75) is 49.3 Å². The Morgan fingerprint density at radius 2 is 1.82 bits per heavy atom. The summed E-state index contributed by atoms with van der Waals surface area (Å²) in [6.07, 6.45) is 9.12. The van der Waals surface area contributed by atoms with Crippen molar-refractivity contribution < 1.29 is 8.42 Å². The van der Waals surface area contributed by atoms with Crippen LogP contribution in [0.2, 0.25) is 0 Å². The second kappa shape index (κ2) is 5.49. The Kier molecular flexibility index (Phi) is 4.42. The van der Waals surface area contributed by atoms with Crippen molar-refractivity contribution in [2.24, 2.45) is 0 Å². The Morgan fingerprint density at radius 3 is 2.35 bits per heavy atom. The number of nitrogens with one attached hydrogen (secondary N) is 1. The molecule has 0 amide bonds. The first kappa shape index (κ1) is 13.7. The molecular formula is C12H23NO2S2. The van der Waals surface area contributed by atoms with Crippen LogP contribution in [0, 0.1) is 0 Å². The third kappa shape index (κ3) is 3.61. The van der Waals surface area contributed by atoms with E-state index in [1.54, 1.807) is 0 Å². The Morgan fingerprint density at radius 1 is 1.24 bits per heavy atom. The van der Waals surface area contributed by atoms with Gasteiger partial charge >= 0.3 is 0 Å². The Bertz CT molecular complexity index is 334. The first-order valence-corrected chi connectivity index (χ1v) is 9.59. The predicted molar refractivity (Wildman–Crippen MR) is 74.4 cm³/mol. The van der Waals surface area contributed by atoms with Crippen LogP contribution < -0.4 is 5.32 Å². The van der Waals surface area contributed by atoms with Crippen molar-refractivity contribution in [1.82, 2.24) is 5.32 Å². The average molecular weight is 277 g/mol. The number of thioether (sulfide) groups is 1. The molecule has 5 heteroatoms. The quantitative estimate of drug-likeness (QED) is 0.851. The van der Waals surface area contributed by atoms with E-state index in [0.717, 1.165) is 19.4 Å². The van der Waals surface area contributed by atoms with Crippen LogP contribution >= 0.6 is 11.8 Å². The van der Waals surface area contributed by atoms with Gasteiger partial charge in [0.2, 0.25) is 0 Å². The van der Waals surface area contributed by atoms with E-state index in [1.165, 1.54) is 25.7 Å². The first-order valence-electron chi connectivity index (χ1n) is 6.54. The van der Waals surface area contributed by atoms with Gasteiger partial charge in [0.1, 0.15) is 9.84 Å². The summed E-state index contributed by atoms with van der Waals surface area (Å²) in [4.78, 5) is 0. The molecule has 17 heavy (non-hydrogen) atoms. The lowest BCUT2D eigenvalue weighted by Gasteiger charge is -2.31. The van der Waals surface area contributed by atoms with Crippen molar-refractivity contribution in [1.29, 1.82) is 0 Å². The summed E-state index contributed by atoms with van der Waals surface area (Å²) in [5.41, 5.74) is 0. The van der Waals surface area contributed by atoms with Crippen LogP contribution in [-0.4, -0.2) is 43.5 Å². The summed E-state index contributed by atoms with van der Waals surface area (Å²) in [5, 5.41) is 3.61. The third-order valence-corrected chi connectivity index (χ3v) is 7.35. The molecule has 2 fully saturated rings. The molecule has 0 aromatic rings. The van der Waals surface area contributed by atoms with Crippen LogP contribution in [0.1, 0.15) is 38.5 Å². The summed E-state index contributed by atoms with van der Waals surface area (Å²) in [6.45, 7) is 1.05. The van der Waals surface area contributed by atoms with Gasteiger partial charge in [0.25, 0.3) is 0 Å². The van der Waals surface area contributed by atoms with Gasteiger partial charge < -0.3 is 5.32 Å². The fraction of sp³-hybridized carbons (Fsp3) is 1.00. The molecule has 1 saturated carbocycles. The summed E-state index contributed by atoms with van der Waals surface area (Å²) in [5.74, 6) is 0.744. The number of hydrogen-bond acceptors (Lipinski definition) is 4. The van der Waals surface area contributed by atoms with Crippen LogP contribution in [-0.2, 0) is 9.84 Å². The van der Waals surface area contributed by atoms with E-state index in [1.807, 2.05) is 11.8 Å². The zero-order chi connectivity index (χ0) is 12.4. The van der Waals surface area contributed by atoms with Crippen LogP contribution in [0.3, 0.4) is 0 Å². The summed E-state index contributed by atoms with van der Waals surface area (Å²) < 4.78 is 23.1. The molecule has 0 aromatic carbocycles. The van der Waals surface area contributed by atoms with E-state index >= 15 is 0 Å². The number of rotatable bonds is 4. The molecule has 100 valence electrons. The smallest absolute Gasteiger partial charge is 0.150 e. The first-order chi connectivity index (χ1) is 8.05. The minimum atomic E-state index is -2.72. The second-order valence-corrected chi connectivity index (χ2v) is 8.98. The highest BCUT2D eigenvalue weighted by atomic mass is 32.2. The fourth-order valence-corrected chi connectivity index (χ4v) is 5.31. The maximum Gasteiger partial charge on any atom is 0.150 e. The molecule has 1 saturated heterocycles. The van der Waals surface area contributed by atoms with Gasteiger partial charge in [0, 0.05) is 17.3 Å². The number of hydrogen-bond donors (Lipinski definition) is 1. The van der Waals surface area contributed by atoms with E-state index in [0.29, 0.717) is 22.3 Å². The molecule has 0 bridgehead atoms. The highest BCUT2D eigenvalue weighted by molar-refractivity contribution is 8.00. The van der Waals surface area contributed by atoms with Crippen molar-refractivity contribution in [3.8, 4) is 0 Å². The van der Waals surface area contributed by atoms with E-state index in [9.17, 15) is 8.42 Å². The maximum absolute atomic E-state index is 11.3. The molecule has 1 aliphatic heterocycles. The van der Waals surface area contributed by atoms with E-state index in [2.05, 4.69) is 11.6 Å². The van der Waals surface area contributed by atoms with Gasteiger partial charge in [-0.05, 0) is 31.9 Å². The predicted octanol–water partition coefficient (Wildman–Crippen LogP) is 1.83. The van der Waals surface area contributed by atoms with Gasteiger partial charge in [0.15, 0.2) is 0 Å². The summed E-state index contributed by atoms with van der Waals surface area (Å²) >= 11 is 1.99. The van der Waals surface area contributed by atoms with Crippen LogP contribution in [0.25, 0.3) is 0 Å². The van der Waals surface area contributed by atoms with Gasteiger partial charge in [-0.3, -0.25) is 0 Å².